The normalized spacial score (nSPS) is 26.8. The van der Waals surface area contributed by atoms with Gasteiger partial charge in [0.25, 0.3) is 5.91 Å². The topological polar surface area (TPSA) is 74.2 Å². The van der Waals surface area contributed by atoms with Gasteiger partial charge >= 0.3 is 0 Å². The Morgan fingerprint density at radius 2 is 2.13 bits per heavy atom. The van der Waals surface area contributed by atoms with Gasteiger partial charge in [0, 0.05) is 18.6 Å². The number of nitrogens with zero attached hydrogens (tertiary/aromatic N) is 3. The number of fused-ring (bicyclic) bond motifs is 1. The lowest BCUT2D eigenvalue weighted by Gasteiger charge is -2.26. The first-order valence-corrected chi connectivity index (χ1v) is 8.48. The molecule has 0 spiro atoms. The van der Waals surface area contributed by atoms with Crippen molar-refractivity contribution in [2.45, 2.75) is 51.3 Å². The molecule has 23 heavy (non-hydrogen) atoms. The summed E-state index contributed by atoms with van der Waals surface area (Å²) in [4.78, 5) is 33.9. The molecular formula is C16H26N4O3. The predicted octanol–water partition coefficient (Wildman–Crippen LogP) is 0.209. The fourth-order valence-electron chi connectivity index (χ4n) is 3.06. The van der Waals surface area contributed by atoms with Crippen molar-refractivity contribution in [1.29, 1.82) is 0 Å². The highest BCUT2D eigenvalue weighted by atomic mass is 16.6. The van der Waals surface area contributed by atoms with E-state index in [0.717, 1.165) is 12.8 Å². The molecule has 128 valence electrons. The van der Waals surface area contributed by atoms with Crippen LogP contribution in [0.4, 0.5) is 0 Å². The summed E-state index contributed by atoms with van der Waals surface area (Å²) in [7, 11) is 1.94. The lowest BCUT2D eigenvalue weighted by Crippen LogP contribution is -2.45. The number of nitrogens with one attached hydrogen (secondary N) is 1. The van der Waals surface area contributed by atoms with Crippen LogP contribution in [0.2, 0.25) is 0 Å². The van der Waals surface area contributed by atoms with Crippen LogP contribution in [-0.4, -0.2) is 72.2 Å². The summed E-state index contributed by atoms with van der Waals surface area (Å²) in [6.45, 7) is 5.54. The Morgan fingerprint density at radius 3 is 2.74 bits per heavy atom. The van der Waals surface area contributed by atoms with Crippen LogP contribution in [-0.2, 0) is 14.4 Å². The highest BCUT2D eigenvalue weighted by Crippen LogP contribution is 2.28. The first-order chi connectivity index (χ1) is 11.0. The van der Waals surface area contributed by atoms with Crippen molar-refractivity contribution in [3.05, 3.63) is 0 Å². The number of carbonyl (C=O) groups excluding carboxylic acids is 2. The van der Waals surface area contributed by atoms with Crippen molar-refractivity contribution in [3.8, 4) is 0 Å². The third-order valence-corrected chi connectivity index (χ3v) is 5.20. The quantitative estimate of drug-likeness (QED) is 0.785. The van der Waals surface area contributed by atoms with Gasteiger partial charge in [0.15, 0.2) is 11.8 Å². The summed E-state index contributed by atoms with van der Waals surface area (Å²) in [5, 5.41) is 6.97. The summed E-state index contributed by atoms with van der Waals surface area (Å²) >= 11 is 0. The van der Waals surface area contributed by atoms with E-state index in [2.05, 4.69) is 24.3 Å². The van der Waals surface area contributed by atoms with Gasteiger partial charge in [-0.1, -0.05) is 5.16 Å². The summed E-state index contributed by atoms with van der Waals surface area (Å²) in [6.07, 6.45) is 3.08. The van der Waals surface area contributed by atoms with E-state index in [1.807, 2.05) is 11.9 Å². The van der Waals surface area contributed by atoms with E-state index in [1.54, 1.807) is 4.90 Å². The number of hydrogen-bond acceptors (Lipinski definition) is 5. The van der Waals surface area contributed by atoms with E-state index in [9.17, 15) is 9.59 Å². The Morgan fingerprint density at radius 1 is 1.39 bits per heavy atom. The molecule has 0 aromatic rings. The van der Waals surface area contributed by atoms with E-state index in [0.29, 0.717) is 31.4 Å². The van der Waals surface area contributed by atoms with Gasteiger partial charge in [-0.2, -0.15) is 0 Å². The van der Waals surface area contributed by atoms with E-state index in [4.69, 9.17) is 4.84 Å². The number of oxime groups is 1. The highest BCUT2D eigenvalue weighted by molar-refractivity contribution is 6.40. The predicted molar refractivity (Wildman–Crippen MR) is 85.9 cm³/mol. The van der Waals surface area contributed by atoms with E-state index < -0.39 is 0 Å². The van der Waals surface area contributed by atoms with Crippen molar-refractivity contribution in [2.24, 2.45) is 11.1 Å². The van der Waals surface area contributed by atoms with E-state index in [-0.39, 0.29) is 29.9 Å². The van der Waals surface area contributed by atoms with Crippen LogP contribution < -0.4 is 5.32 Å². The SMILES string of the molecule is CC(C)N(C)CC(=O)N1C[C@@H]2C(C(=O)NC3CCC3)=NO[C@@H]2C1. The summed E-state index contributed by atoms with van der Waals surface area (Å²) in [6, 6.07) is 0.603. The molecule has 0 aromatic heterocycles. The van der Waals surface area contributed by atoms with Gasteiger partial charge in [0.1, 0.15) is 0 Å². The molecule has 2 amide bonds. The third-order valence-electron chi connectivity index (χ3n) is 5.20. The monoisotopic (exact) mass is 322 g/mol. The molecule has 0 unspecified atom stereocenters. The summed E-state index contributed by atoms with van der Waals surface area (Å²) < 4.78 is 0. The van der Waals surface area contributed by atoms with Gasteiger partial charge in [-0.15, -0.1) is 0 Å². The minimum absolute atomic E-state index is 0.0814. The van der Waals surface area contributed by atoms with Crippen LogP contribution in [0.3, 0.4) is 0 Å². The molecule has 3 aliphatic rings. The van der Waals surface area contributed by atoms with Crippen LogP contribution in [0.25, 0.3) is 0 Å². The van der Waals surface area contributed by atoms with Crippen molar-refractivity contribution < 1.29 is 14.4 Å². The average molecular weight is 322 g/mol. The fourth-order valence-corrected chi connectivity index (χ4v) is 3.06. The standard InChI is InChI=1S/C16H26N4O3/c1-10(2)19(3)9-14(21)20-7-12-13(8-20)23-18-15(12)16(22)17-11-5-4-6-11/h10-13H,4-9H2,1-3H3,(H,17,22)/t12-,13+/m0/s1. The smallest absolute Gasteiger partial charge is 0.269 e. The zero-order chi connectivity index (χ0) is 16.6. The van der Waals surface area contributed by atoms with Gasteiger partial charge in [-0.3, -0.25) is 14.5 Å². The van der Waals surface area contributed by atoms with Gasteiger partial charge in [0.05, 0.1) is 19.0 Å². The molecule has 1 aliphatic carbocycles. The summed E-state index contributed by atoms with van der Waals surface area (Å²) in [5.74, 6) is -0.142. The van der Waals surface area contributed by atoms with Crippen molar-refractivity contribution in [3.63, 3.8) is 0 Å². The Bertz CT molecular complexity index is 515. The van der Waals surface area contributed by atoms with E-state index >= 15 is 0 Å². The Labute approximate surface area is 137 Å². The van der Waals surface area contributed by atoms with Gasteiger partial charge < -0.3 is 15.1 Å². The number of likely N-dealkylation sites (N-methyl/N-ethyl adjacent to an activating group) is 1. The second-order valence-corrected chi connectivity index (χ2v) is 7.14. The number of amides is 2. The molecule has 1 saturated carbocycles. The molecule has 7 heteroatoms. The maximum absolute atomic E-state index is 12.4. The van der Waals surface area contributed by atoms with Crippen molar-refractivity contribution >= 4 is 17.5 Å². The van der Waals surface area contributed by atoms with E-state index in [1.165, 1.54) is 6.42 Å². The lowest BCUT2D eigenvalue weighted by atomic mass is 9.92. The molecule has 2 aliphatic heterocycles. The number of rotatable bonds is 5. The largest absolute Gasteiger partial charge is 0.389 e. The lowest BCUT2D eigenvalue weighted by molar-refractivity contribution is -0.132. The first-order valence-electron chi connectivity index (χ1n) is 8.48. The van der Waals surface area contributed by atoms with Crippen LogP contribution >= 0.6 is 0 Å². The zero-order valence-corrected chi connectivity index (χ0v) is 14.1. The number of carbonyl (C=O) groups is 2. The van der Waals surface area contributed by atoms with Crippen molar-refractivity contribution in [1.82, 2.24) is 15.1 Å². The molecule has 0 aromatic carbocycles. The fraction of sp³-hybridized carbons (Fsp3) is 0.812. The minimum Gasteiger partial charge on any atom is -0.389 e. The molecule has 7 nitrogen and oxygen atoms in total. The molecule has 0 radical (unpaired) electrons. The number of hydrogen-bond donors (Lipinski definition) is 1. The van der Waals surface area contributed by atoms with Crippen LogP contribution in [0.1, 0.15) is 33.1 Å². The molecule has 3 rings (SSSR count). The molecule has 1 saturated heterocycles. The number of likely N-dealkylation sites (tertiary alicyclic amines) is 1. The maximum atomic E-state index is 12.4. The summed E-state index contributed by atoms with van der Waals surface area (Å²) in [5.41, 5.74) is 0.453. The van der Waals surface area contributed by atoms with Crippen LogP contribution in [0.15, 0.2) is 5.16 Å². The highest BCUT2D eigenvalue weighted by Gasteiger charge is 2.46. The van der Waals surface area contributed by atoms with Gasteiger partial charge in [-0.05, 0) is 40.2 Å². The third kappa shape index (κ3) is 3.34. The van der Waals surface area contributed by atoms with Gasteiger partial charge in [-0.25, -0.2) is 0 Å². The Balaban J connectivity index is 1.55. The first kappa shape index (κ1) is 16.2. The van der Waals surface area contributed by atoms with Gasteiger partial charge in [0.2, 0.25) is 5.91 Å². The Hall–Kier alpha value is -1.63. The second-order valence-electron chi connectivity index (χ2n) is 7.14. The van der Waals surface area contributed by atoms with Crippen LogP contribution in [0, 0.1) is 5.92 Å². The van der Waals surface area contributed by atoms with Crippen LogP contribution in [0.5, 0.6) is 0 Å². The average Bonchev–Trinajstić information content (AvgIpc) is 3.02. The Kier molecular flexibility index (Phi) is 4.57. The molecule has 2 atom stereocenters. The zero-order valence-electron chi connectivity index (χ0n) is 14.1. The minimum atomic E-state index is -0.176. The molecule has 2 fully saturated rings. The molecule has 1 N–H and O–H groups in total. The molecule has 2 heterocycles. The second kappa shape index (κ2) is 6.47. The molecule has 0 bridgehead atoms. The van der Waals surface area contributed by atoms with Crippen molar-refractivity contribution in [2.75, 3.05) is 26.7 Å². The molecular weight excluding hydrogens is 296 g/mol. The maximum Gasteiger partial charge on any atom is 0.269 e.